The number of nitrogens with zero attached hydrogens (tertiary/aromatic N) is 4. The molecule has 33 heavy (non-hydrogen) atoms. The van der Waals surface area contributed by atoms with Crippen molar-refractivity contribution in [2.24, 2.45) is 0 Å². The fourth-order valence-electron chi connectivity index (χ4n) is 3.65. The first-order valence-corrected chi connectivity index (χ1v) is 11.2. The molecule has 5 aromatic rings. The van der Waals surface area contributed by atoms with Crippen LogP contribution in [-0.2, 0) is 6.61 Å². The molecule has 0 saturated heterocycles. The van der Waals surface area contributed by atoms with Crippen molar-refractivity contribution < 1.29 is 9.53 Å². The van der Waals surface area contributed by atoms with Gasteiger partial charge in [0.25, 0.3) is 11.5 Å². The van der Waals surface area contributed by atoms with Crippen molar-refractivity contribution in [3.8, 4) is 5.75 Å². The minimum Gasteiger partial charge on any atom is -0.487 e. The Morgan fingerprint density at radius 1 is 1.18 bits per heavy atom. The quantitative estimate of drug-likeness (QED) is 0.429. The van der Waals surface area contributed by atoms with Gasteiger partial charge in [-0.1, -0.05) is 12.1 Å². The number of thiophene rings is 1. The summed E-state index contributed by atoms with van der Waals surface area (Å²) in [6.45, 7) is 6.11. The minimum atomic E-state index is -0.434. The third-order valence-corrected chi connectivity index (χ3v) is 6.64. The summed E-state index contributed by atoms with van der Waals surface area (Å²) >= 11 is 1.46. The van der Waals surface area contributed by atoms with Gasteiger partial charge in [0.1, 0.15) is 29.2 Å². The molecule has 0 bridgehead atoms. The number of carbonyl (C=O) groups excluding carboxylic acids is 1. The van der Waals surface area contributed by atoms with Gasteiger partial charge >= 0.3 is 0 Å². The Morgan fingerprint density at radius 3 is 2.85 bits per heavy atom. The highest BCUT2D eigenvalue weighted by molar-refractivity contribution is 7.18. The largest absolute Gasteiger partial charge is 0.487 e. The van der Waals surface area contributed by atoms with Crippen LogP contribution in [0.25, 0.3) is 15.9 Å². The number of aromatic nitrogens is 4. The lowest BCUT2D eigenvalue weighted by molar-refractivity contribution is 0.101. The standard InChI is InChI=1S/C24H21N5O3S/c1-14-6-5-9-28-11-18(26-21(14)28)12-32-19-8-4-7-17(10-19)22(30)27-29-13-25-23-20(24(29)31)15(2)16(3)33-23/h4-11,13H,12H2,1-3H3,(H,27,30). The van der Waals surface area contributed by atoms with Gasteiger partial charge < -0.3 is 9.14 Å². The van der Waals surface area contributed by atoms with Crippen LogP contribution >= 0.6 is 11.3 Å². The molecule has 0 atom stereocenters. The molecule has 8 nitrogen and oxygen atoms in total. The summed E-state index contributed by atoms with van der Waals surface area (Å²) in [5.74, 6) is 0.0957. The number of pyridine rings is 1. The monoisotopic (exact) mass is 459 g/mol. The number of carbonyl (C=O) groups is 1. The number of hydrogen-bond donors (Lipinski definition) is 1. The van der Waals surface area contributed by atoms with Crippen molar-refractivity contribution in [1.82, 2.24) is 19.0 Å². The highest BCUT2D eigenvalue weighted by atomic mass is 32.1. The molecule has 1 N–H and O–H groups in total. The van der Waals surface area contributed by atoms with Crippen LogP contribution in [0.15, 0.2) is 59.9 Å². The molecule has 0 radical (unpaired) electrons. The van der Waals surface area contributed by atoms with E-state index >= 15 is 0 Å². The van der Waals surface area contributed by atoms with E-state index in [4.69, 9.17) is 4.74 Å². The number of imidazole rings is 1. The second-order valence-corrected chi connectivity index (χ2v) is 9.00. The Hall–Kier alpha value is -3.98. The van der Waals surface area contributed by atoms with E-state index in [0.717, 1.165) is 32.0 Å². The molecule has 0 aliphatic carbocycles. The molecule has 0 saturated carbocycles. The first-order valence-electron chi connectivity index (χ1n) is 10.4. The Balaban J connectivity index is 1.33. The topological polar surface area (TPSA) is 90.5 Å². The average Bonchev–Trinajstić information content (AvgIpc) is 3.36. The van der Waals surface area contributed by atoms with Crippen LogP contribution in [0.4, 0.5) is 0 Å². The molecule has 0 spiro atoms. The van der Waals surface area contributed by atoms with Gasteiger partial charge in [-0.3, -0.25) is 15.0 Å². The molecule has 1 aromatic carbocycles. The van der Waals surface area contributed by atoms with Crippen molar-refractivity contribution in [3.63, 3.8) is 0 Å². The second kappa shape index (κ2) is 8.18. The van der Waals surface area contributed by atoms with Gasteiger partial charge in [0.15, 0.2) is 0 Å². The number of aryl methyl sites for hydroxylation is 3. The van der Waals surface area contributed by atoms with E-state index < -0.39 is 5.91 Å². The van der Waals surface area contributed by atoms with E-state index in [-0.39, 0.29) is 12.2 Å². The lowest BCUT2D eigenvalue weighted by Crippen LogP contribution is -2.33. The van der Waals surface area contributed by atoms with Gasteiger partial charge in [0.2, 0.25) is 0 Å². The number of amides is 1. The second-order valence-electron chi connectivity index (χ2n) is 7.79. The van der Waals surface area contributed by atoms with Crippen LogP contribution in [0, 0.1) is 20.8 Å². The smallest absolute Gasteiger partial charge is 0.281 e. The summed E-state index contributed by atoms with van der Waals surface area (Å²) in [5.41, 5.74) is 6.31. The third kappa shape index (κ3) is 3.87. The molecule has 4 aromatic heterocycles. The van der Waals surface area contributed by atoms with E-state index in [0.29, 0.717) is 21.5 Å². The Kier molecular flexibility index (Phi) is 5.18. The summed E-state index contributed by atoms with van der Waals surface area (Å²) in [6, 6.07) is 10.8. The fraction of sp³-hybridized carbons (Fsp3) is 0.167. The first kappa shape index (κ1) is 20.9. The van der Waals surface area contributed by atoms with Crippen LogP contribution in [0.2, 0.25) is 0 Å². The van der Waals surface area contributed by atoms with Crippen LogP contribution in [0.3, 0.4) is 0 Å². The van der Waals surface area contributed by atoms with E-state index in [9.17, 15) is 9.59 Å². The highest BCUT2D eigenvalue weighted by Gasteiger charge is 2.14. The summed E-state index contributed by atoms with van der Waals surface area (Å²) in [6.07, 6.45) is 5.20. The Bertz CT molecular complexity index is 1580. The summed E-state index contributed by atoms with van der Waals surface area (Å²) in [5, 5.41) is 0.528. The molecule has 0 unspecified atom stereocenters. The lowest BCUT2D eigenvalue weighted by atomic mass is 10.2. The SMILES string of the molecule is Cc1sc2ncn(NC(=O)c3cccc(OCc4cn5cccc(C)c5n4)c3)c(=O)c2c1C. The minimum absolute atomic E-state index is 0.267. The number of ether oxygens (including phenoxy) is 1. The summed E-state index contributed by atoms with van der Waals surface area (Å²) in [7, 11) is 0. The number of nitrogens with one attached hydrogen (secondary N) is 1. The predicted molar refractivity (Wildman–Crippen MR) is 128 cm³/mol. The van der Waals surface area contributed by atoms with E-state index in [2.05, 4.69) is 15.4 Å². The number of hydrogen-bond acceptors (Lipinski definition) is 6. The van der Waals surface area contributed by atoms with Crippen molar-refractivity contribution >= 4 is 33.1 Å². The normalized spacial score (nSPS) is 11.2. The van der Waals surface area contributed by atoms with Crippen LogP contribution in [0.1, 0.15) is 32.1 Å². The maximum absolute atomic E-state index is 12.8. The van der Waals surface area contributed by atoms with Crippen molar-refractivity contribution in [2.45, 2.75) is 27.4 Å². The first-order chi connectivity index (χ1) is 15.9. The number of benzene rings is 1. The van der Waals surface area contributed by atoms with E-state index in [1.54, 1.807) is 24.3 Å². The summed E-state index contributed by atoms with van der Waals surface area (Å²) in [4.78, 5) is 36.2. The van der Waals surface area contributed by atoms with Crippen molar-refractivity contribution in [1.29, 1.82) is 0 Å². The summed E-state index contributed by atoms with van der Waals surface area (Å²) < 4.78 is 8.94. The molecule has 0 fully saturated rings. The zero-order valence-electron chi connectivity index (χ0n) is 18.3. The molecule has 9 heteroatoms. The van der Waals surface area contributed by atoms with Gasteiger partial charge in [-0.05, 0) is 56.2 Å². The number of rotatable bonds is 5. The molecule has 4 heterocycles. The molecule has 0 aliphatic rings. The molecular weight excluding hydrogens is 438 g/mol. The fourth-order valence-corrected chi connectivity index (χ4v) is 4.63. The maximum atomic E-state index is 12.8. The average molecular weight is 460 g/mol. The Morgan fingerprint density at radius 2 is 2.03 bits per heavy atom. The predicted octanol–water partition coefficient (Wildman–Crippen LogP) is 3.99. The van der Waals surface area contributed by atoms with E-state index in [1.807, 2.05) is 49.7 Å². The highest BCUT2D eigenvalue weighted by Crippen LogP contribution is 2.25. The molecule has 1 amide bonds. The molecule has 166 valence electrons. The zero-order chi connectivity index (χ0) is 23.1. The Labute approximate surface area is 193 Å². The maximum Gasteiger partial charge on any atom is 0.281 e. The van der Waals surface area contributed by atoms with E-state index in [1.165, 1.54) is 17.7 Å². The van der Waals surface area contributed by atoms with Crippen molar-refractivity contribution in [3.05, 3.63) is 92.7 Å². The van der Waals surface area contributed by atoms with Gasteiger partial charge in [-0.15, -0.1) is 11.3 Å². The third-order valence-electron chi connectivity index (χ3n) is 5.52. The van der Waals surface area contributed by atoms with Gasteiger partial charge in [-0.2, -0.15) is 0 Å². The van der Waals surface area contributed by atoms with Crippen LogP contribution in [-0.4, -0.2) is 25.0 Å². The zero-order valence-corrected chi connectivity index (χ0v) is 19.1. The van der Waals surface area contributed by atoms with Crippen molar-refractivity contribution in [2.75, 3.05) is 5.43 Å². The van der Waals surface area contributed by atoms with Gasteiger partial charge in [-0.25, -0.2) is 14.6 Å². The molecule has 0 aliphatic heterocycles. The van der Waals surface area contributed by atoms with Crippen LogP contribution in [0.5, 0.6) is 5.75 Å². The lowest BCUT2D eigenvalue weighted by Gasteiger charge is -2.09. The molecular formula is C24H21N5O3S. The molecule has 5 rings (SSSR count). The number of fused-ring (bicyclic) bond motifs is 2. The van der Waals surface area contributed by atoms with Crippen LogP contribution < -0.4 is 15.7 Å². The van der Waals surface area contributed by atoms with Gasteiger partial charge in [0, 0.05) is 22.8 Å². The van der Waals surface area contributed by atoms with Gasteiger partial charge in [0.05, 0.1) is 11.1 Å².